The summed E-state index contributed by atoms with van der Waals surface area (Å²) in [5, 5.41) is 5.89. The van der Waals surface area contributed by atoms with Crippen molar-refractivity contribution in [2.24, 2.45) is 0 Å². The van der Waals surface area contributed by atoms with Crippen molar-refractivity contribution in [3.05, 3.63) is 34.5 Å². The van der Waals surface area contributed by atoms with Crippen molar-refractivity contribution >= 4 is 39.2 Å². The van der Waals surface area contributed by atoms with E-state index in [1.807, 2.05) is 7.05 Å². The smallest absolute Gasteiger partial charge is 0.423 e. The number of methoxy groups -OCH3 is 1. The average molecular weight is 649 g/mol. The molecule has 1 aliphatic heterocycles. The highest BCUT2D eigenvalue weighted by Gasteiger charge is 2.40. The minimum absolute atomic E-state index is 0.00325. The number of nitrogens with zero attached hydrogens (tertiary/aromatic N) is 4. The number of ether oxygens (including phenoxy) is 2. The van der Waals surface area contributed by atoms with E-state index < -0.39 is 39.8 Å². The molecule has 0 radical (unpaired) electrons. The monoisotopic (exact) mass is 648 g/mol. The van der Waals surface area contributed by atoms with E-state index in [2.05, 4.69) is 25.5 Å². The molecular formula is C27H36ClF3N6O5S. The number of benzene rings is 1. The average Bonchev–Trinajstić information content (AvgIpc) is 2.93. The third-order valence-electron chi connectivity index (χ3n) is 7.81. The third kappa shape index (κ3) is 8.19. The Morgan fingerprint density at radius 3 is 2.47 bits per heavy atom. The summed E-state index contributed by atoms with van der Waals surface area (Å²) in [6.45, 7) is 1.72. The van der Waals surface area contributed by atoms with Crippen molar-refractivity contribution < 1.29 is 35.9 Å². The molecule has 0 spiro atoms. The minimum atomic E-state index is -4.83. The van der Waals surface area contributed by atoms with E-state index >= 15 is 0 Å². The number of alkyl halides is 3. The van der Waals surface area contributed by atoms with Crippen LogP contribution in [0.4, 0.5) is 24.8 Å². The van der Waals surface area contributed by atoms with Gasteiger partial charge in [-0.3, -0.25) is 4.79 Å². The van der Waals surface area contributed by atoms with Crippen LogP contribution in [-0.2, 0) is 16.2 Å². The Balaban J connectivity index is 1.59. The summed E-state index contributed by atoms with van der Waals surface area (Å²) in [6.07, 6.45) is -0.304. The van der Waals surface area contributed by atoms with Crippen LogP contribution in [0, 0.1) is 0 Å². The third-order valence-corrected chi connectivity index (χ3v) is 9.44. The van der Waals surface area contributed by atoms with Gasteiger partial charge in [0.25, 0.3) is 5.91 Å². The van der Waals surface area contributed by atoms with Crippen LogP contribution >= 0.6 is 11.6 Å². The van der Waals surface area contributed by atoms with Crippen LogP contribution in [0.1, 0.15) is 54.4 Å². The van der Waals surface area contributed by atoms with E-state index in [9.17, 15) is 26.4 Å². The maximum atomic E-state index is 13.9. The molecule has 1 saturated heterocycles. The quantitative estimate of drug-likeness (QED) is 0.409. The molecule has 16 heteroatoms. The van der Waals surface area contributed by atoms with Crippen molar-refractivity contribution in [2.75, 3.05) is 45.9 Å². The zero-order valence-corrected chi connectivity index (χ0v) is 25.9. The number of halogens is 4. The summed E-state index contributed by atoms with van der Waals surface area (Å²) in [5.74, 6) is -1.16. The first-order valence-corrected chi connectivity index (χ1v) is 16.1. The van der Waals surface area contributed by atoms with E-state index in [-0.39, 0.29) is 39.9 Å². The molecule has 1 aromatic heterocycles. The van der Waals surface area contributed by atoms with Gasteiger partial charge in [0.15, 0.2) is 0 Å². The predicted molar refractivity (Wildman–Crippen MR) is 156 cm³/mol. The summed E-state index contributed by atoms with van der Waals surface area (Å²) in [5.41, 5.74) is -0.810. The number of hydrogen-bond acceptors (Lipinski definition) is 9. The Bertz CT molecular complexity index is 1420. The maximum absolute atomic E-state index is 13.9. The Labute approximate surface area is 254 Å². The lowest BCUT2D eigenvalue weighted by atomic mass is 9.92. The summed E-state index contributed by atoms with van der Waals surface area (Å²) < 4.78 is 78.5. The van der Waals surface area contributed by atoms with Gasteiger partial charge >= 0.3 is 6.18 Å². The van der Waals surface area contributed by atoms with Gasteiger partial charge < -0.3 is 25.0 Å². The van der Waals surface area contributed by atoms with Gasteiger partial charge in [-0.15, -0.1) is 0 Å². The van der Waals surface area contributed by atoms with Gasteiger partial charge in [0, 0.05) is 19.3 Å². The molecule has 2 N–H and O–H groups in total. The molecule has 4 rings (SSSR count). The SMILES string of the molecule is COc1cc(C(=O)NC2CCN(C)CC2)c(Cl)cc1Nc1ncc(C(F)(F)F)c(O[C@@H]2CCCC[C@H]2N(C)S(C)(=O)=O)n1. The van der Waals surface area contributed by atoms with Gasteiger partial charge in [-0.1, -0.05) is 18.0 Å². The second kappa shape index (κ2) is 13.4. The molecule has 238 valence electrons. The van der Waals surface area contributed by atoms with Crippen molar-refractivity contribution in [1.82, 2.24) is 24.5 Å². The van der Waals surface area contributed by atoms with Crippen molar-refractivity contribution in [1.29, 1.82) is 0 Å². The zero-order valence-electron chi connectivity index (χ0n) is 24.4. The number of rotatable bonds is 9. The van der Waals surface area contributed by atoms with Crippen LogP contribution < -0.4 is 20.1 Å². The zero-order chi connectivity index (χ0) is 31.5. The van der Waals surface area contributed by atoms with Crippen molar-refractivity contribution in [3.63, 3.8) is 0 Å². The lowest BCUT2D eigenvalue weighted by molar-refractivity contribution is -0.140. The normalized spacial score (nSPS) is 20.6. The molecule has 0 unspecified atom stereocenters. The Hall–Kier alpha value is -2.88. The molecule has 1 aliphatic carbocycles. The number of sulfonamides is 1. The van der Waals surface area contributed by atoms with Gasteiger partial charge in [-0.2, -0.15) is 22.5 Å². The molecule has 2 atom stereocenters. The highest BCUT2D eigenvalue weighted by molar-refractivity contribution is 7.88. The molecular weight excluding hydrogens is 613 g/mol. The summed E-state index contributed by atoms with van der Waals surface area (Å²) in [7, 11) is 1.15. The van der Waals surface area contributed by atoms with Crippen molar-refractivity contribution in [2.45, 2.75) is 62.9 Å². The Morgan fingerprint density at radius 2 is 1.84 bits per heavy atom. The molecule has 43 heavy (non-hydrogen) atoms. The number of carbonyl (C=O) groups excluding carboxylic acids is 1. The van der Waals surface area contributed by atoms with Gasteiger partial charge in [0.1, 0.15) is 17.4 Å². The number of aromatic nitrogens is 2. The number of hydrogen-bond donors (Lipinski definition) is 2. The van der Waals surface area contributed by atoms with Gasteiger partial charge in [-0.05, 0) is 64.4 Å². The highest BCUT2D eigenvalue weighted by atomic mass is 35.5. The van der Waals surface area contributed by atoms with E-state index in [0.717, 1.165) is 36.5 Å². The summed E-state index contributed by atoms with van der Waals surface area (Å²) in [6, 6.07) is 2.18. The molecule has 1 aromatic carbocycles. The molecule has 1 saturated carbocycles. The van der Waals surface area contributed by atoms with Gasteiger partial charge in [-0.25, -0.2) is 13.4 Å². The fourth-order valence-electron chi connectivity index (χ4n) is 5.26. The van der Waals surface area contributed by atoms with E-state index in [0.29, 0.717) is 31.9 Å². The van der Waals surface area contributed by atoms with Crippen LogP contribution in [0.2, 0.25) is 5.02 Å². The number of amides is 1. The fourth-order valence-corrected chi connectivity index (χ4v) is 6.24. The molecule has 11 nitrogen and oxygen atoms in total. The second-order valence-corrected chi connectivity index (χ2v) is 13.4. The van der Waals surface area contributed by atoms with Crippen molar-refractivity contribution in [3.8, 4) is 11.6 Å². The van der Waals surface area contributed by atoms with Crippen LogP contribution in [0.5, 0.6) is 11.6 Å². The number of anilines is 2. The Kier molecular flexibility index (Phi) is 10.3. The van der Waals surface area contributed by atoms with E-state index in [4.69, 9.17) is 21.1 Å². The van der Waals surface area contributed by atoms with Crippen LogP contribution in [0.3, 0.4) is 0 Å². The molecule has 2 fully saturated rings. The number of likely N-dealkylation sites (tertiary alicyclic amines) is 1. The number of nitrogens with one attached hydrogen (secondary N) is 2. The predicted octanol–water partition coefficient (Wildman–Crippen LogP) is 4.31. The summed E-state index contributed by atoms with van der Waals surface area (Å²) >= 11 is 6.46. The van der Waals surface area contributed by atoms with E-state index in [1.54, 1.807) is 0 Å². The first kappa shape index (κ1) is 33.0. The largest absolute Gasteiger partial charge is 0.495 e. The maximum Gasteiger partial charge on any atom is 0.423 e. The first-order valence-electron chi connectivity index (χ1n) is 13.8. The molecule has 2 aliphatic rings. The standard InChI is InChI=1S/C27H36ClF3N6O5S/c1-36-11-9-16(10-12-36)33-24(38)17-13-23(41-3)20(14-19(17)28)34-26-32-15-18(27(29,30)31)25(35-26)42-22-8-6-5-7-21(22)37(2)43(4,39)40/h13-16,21-22H,5-12H2,1-4H3,(H,33,38)(H,32,34,35)/t21-,22-/m1/s1. The number of carbonyl (C=O) groups is 1. The fraction of sp³-hybridized carbons (Fsp3) is 0.593. The molecule has 2 aromatic rings. The Morgan fingerprint density at radius 1 is 1.16 bits per heavy atom. The summed E-state index contributed by atoms with van der Waals surface area (Å²) in [4.78, 5) is 23.0. The van der Waals surface area contributed by atoms with Crippen LogP contribution in [-0.4, -0.2) is 92.2 Å². The number of piperidine rings is 1. The van der Waals surface area contributed by atoms with Crippen LogP contribution in [0.15, 0.2) is 18.3 Å². The van der Waals surface area contributed by atoms with Gasteiger partial charge in [0.2, 0.25) is 21.9 Å². The van der Waals surface area contributed by atoms with Crippen LogP contribution in [0.25, 0.3) is 0 Å². The second-order valence-electron chi connectivity index (χ2n) is 10.9. The topological polar surface area (TPSA) is 126 Å². The van der Waals surface area contributed by atoms with Gasteiger partial charge in [0.05, 0.1) is 35.7 Å². The minimum Gasteiger partial charge on any atom is -0.495 e. The molecule has 0 bridgehead atoms. The molecule has 1 amide bonds. The molecule has 2 heterocycles. The highest BCUT2D eigenvalue weighted by Crippen LogP contribution is 2.39. The lowest BCUT2D eigenvalue weighted by Gasteiger charge is -2.36. The first-order chi connectivity index (χ1) is 20.2. The lowest BCUT2D eigenvalue weighted by Crippen LogP contribution is -2.48. The number of likely N-dealkylation sites (N-methyl/N-ethyl adjacent to an activating group) is 1. The van der Waals surface area contributed by atoms with E-state index in [1.165, 1.54) is 26.3 Å².